The van der Waals surface area contributed by atoms with Crippen molar-refractivity contribution in [3.05, 3.63) is 0 Å². The van der Waals surface area contributed by atoms with Crippen LogP contribution in [0.25, 0.3) is 0 Å². The molecule has 1 rings (SSSR count). The highest BCUT2D eigenvalue weighted by molar-refractivity contribution is 4.75. The van der Waals surface area contributed by atoms with Crippen LogP contribution in [0, 0.1) is 11.8 Å². The normalized spacial score (nSPS) is 45.0. The molecule has 0 radical (unpaired) electrons. The molecule has 1 N–H and O–H groups in total. The molecule has 0 aromatic carbocycles. The van der Waals surface area contributed by atoms with Gasteiger partial charge in [0.2, 0.25) is 0 Å². The van der Waals surface area contributed by atoms with Crippen molar-refractivity contribution in [2.24, 2.45) is 11.8 Å². The summed E-state index contributed by atoms with van der Waals surface area (Å²) in [6.45, 7) is 4.38. The standard InChI is InChI=1S/C8H16O/c1-6-4-3-5-8(9)7(6)2/h6-9H,3-5H2,1-2H3/t6-,7-,8+/m0/s1. The fraction of sp³-hybridized carbons (Fsp3) is 1.00. The summed E-state index contributed by atoms with van der Waals surface area (Å²) in [5, 5.41) is 9.35. The molecule has 0 unspecified atom stereocenters. The quantitative estimate of drug-likeness (QED) is 0.527. The van der Waals surface area contributed by atoms with Gasteiger partial charge in [-0.05, 0) is 18.3 Å². The first-order chi connectivity index (χ1) is 4.22. The molecule has 3 atom stereocenters. The largest absolute Gasteiger partial charge is 0.393 e. The van der Waals surface area contributed by atoms with Crippen molar-refractivity contribution in [2.45, 2.75) is 39.2 Å². The molecule has 0 amide bonds. The second-order valence-electron chi connectivity index (χ2n) is 3.33. The molecule has 0 aromatic rings. The summed E-state index contributed by atoms with van der Waals surface area (Å²) in [6, 6.07) is 0. The molecular formula is C8H16O. The summed E-state index contributed by atoms with van der Waals surface area (Å²) in [4.78, 5) is 0. The Kier molecular flexibility index (Phi) is 2.12. The zero-order valence-corrected chi connectivity index (χ0v) is 6.30. The second kappa shape index (κ2) is 2.70. The van der Waals surface area contributed by atoms with Crippen LogP contribution < -0.4 is 0 Å². The number of rotatable bonds is 0. The van der Waals surface area contributed by atoms with E-state index in [2.05, 4.69) is 13.8 Å². The Hall–Kier alpha value is -0.0400. The summed E-state index contributed by atoms with van der Waals surface area (Å²) in [7, 11) is 0. The lowest BCUT2D eigenvalue weighted by atomic mass is 9.80. The Morgan fingerprint density at radius 1 is 1.22 bits per heavy atom. The minimum absolute atomic E-state index is 0.0197. The fourth-order valence-electron chi connectivity index (χ4n) is 1.55. The van der Waals surface area contributed by atoms with E-state index < -0.39 is 0 Å². The average molecular weight is 128 g/mol. The lowest BCUT2D eigenvalue weighted by Crippen LogP contribution is -2.28. The van der Waals surface area contributed by atoms with Crippen molar-refractivity contribution in [1.29, 1.82) is 0 Å². The third-order valence-electron chi connectivity index (χ3n) is 2.66. The highest BCUT2D eigenvalue weighted by Gasteiger charge is 2.24. The van der Waals surface area contributed by atoms with Crippen LogP contribution in [0.2, 0.25) is 0 Å². The van der Waals surface area contributed by atoms with Gasteiger partial charge in [0.05, 0.1) is 6.10 Å². The zero-order chi connectivity index (χ0) is 6.85. The molecule has 0 aromatic heterocycles. The average Bonchev–Trinajstić information content (AvgIpc) is 1.83. The van der Waals surface area contributed by atoms with E-state index in [0.29, 0.717) is 5.92 Å². The van der Waals surface area contributed by atoms with Crippen molar-refractivity contribution >= 4 is 0 Å². The van der Waals surface area contributed by atoms with Crippen LogP contribution >= 0.6 is 0 Å². The smallest absolute Gasteiger partial charge is 0.0568 e. The first-order valence-electron chi connectivity index (χ1n) is 3.90. The van der Waals surface area contributed by atoms with Crippen LogP contribution in [-0.2, 0) is 0 Å². The molecule has 9 heavy (non-hydrogen) atoms. The summed E-state index contributed by atoms with van der Waals surface area (Å²) in [6.07, 6.45) is 3.52. The van der Waals surface area contributed by atoms with Gasteiger partial charge in [-0.25, -0.2) is 0 Å². The van der Waals surface area contributed by atoms with Gasteiger partial charge in [-0.15, -0.1) is 0 Å². The van der Waals surface area contributed by atoms with Gasteiger partial charge in [-0.3, -0.25) is 0 Å². The van der Waals surface area contributed by atoms with Gasteiger partial charge in [0.15, 0.2) is 0 Å². The summed E-state index contributed by atoms with van der Waals surface area (Å²) < 4.78 is 0. The Labute approximate surface area is 57.1 Å². The molecule has 0 spiro atoms. The van der Waals surface area contributed by atoms with E-state index >= 15 is 0 Å². The molecule has 0 aliphatic heterocycles. The fourth-order valence-corrected chi connectivity index (χ4v) is 1.55. The van der Waals surface area contributed by atoms with E-state index in [4.69, 9.17) is 0 Å². The van der Waals surface area contributed by atoms with Crippen LogP contribution in [0.5, 0.6) is 0 Å². The van der Waals surface area contributed by atoms with Gasteiger partial charge < -0.3 is 5.11 Å². The van der Waals surface area contributed by atoms with Gasteiger partial charge in [0, 0.05) is 0 Å². The van der Waals surface area contributed by atoms with Crippen molar-refractivity contribution in [2.75, 3.05) is 0 Å². The first-order valence-corrected chi connectivity index (χ1v) is 3.90. The van der Waals surface area contributed by atoms with E-state index in [1.54, 1.807) is 0 Å². The van der Waals surface area contributed by atoms with E-state index in [1.165, 1.54) is 12.8 Å². The van der Waals surface area contributed by atoms with Crippen LogP contribution in [-0.4, -0.2) is 11.2 Å². The Morgan fingerprint density at radius 2 is 1.89 bits per heavy atom. The molecule has 1 fully saturated rings. The molecule has 0 heterocycles. The molecule has 1 aliphatic carbocycles. The summed E-state index contributed by atoms with van der Waals surface area (Å²) in [5.74, 6) is 1.26. The molecule has 1 aliphatic rings. The minimum Gasteiger partial charge on any atom is -0.393 e. The third kappa shape index (κ3) is 1.45. The van der Waals surface area contributed by atoms with Crippen LogP contribution in [0.1, 0.15) is 33.1 Å². The second-order valence-corrected chi connectivity index (χ2v) is 3.33. The van der Waals surface area contributed by atoms with Crippen LogP contribution in [0.15, 0.2) is 0 Å². The Morgan fingerprint density at radius 3 is 2.33 bits per heavy atom. The van der Waals surface area contributed by atoms with Crippen molar-refractivity contribution in [1.82, 2.24) is 0 Å². The Bertz CT molecular complexity index is 80.6. The van der Waals surface area contributed by atoms with E-state index in [1.807, 2.05) is 0 Å². The zero-order valence-electron chi connectivity index (χ0n) is 6.30. The van der Waals surface area contributed by atoms with E-state index in [9.17, 15) is 5.11 Å². The lowest BCUT2D eigenvalue weighted by Gasteiger charge is -2.30. The monoisotopic (exact) mass is 128 g/mol. The van der Waals surface area contributed by atoms with Gasteiger partial charge in [0.25, 0.3) is 0 Å². The predicted molar refractivity (Wildman–Crippen MR) is 38.2 cm³/mol. The summed E-state index contributed by atoms with van der Waals surface area (Å²) in [5.41, 5.74) is 0. The van der Waals surface area contributed by atoms with Gasteiger partial charge in [-0.2, -0.15) is 0 Å². The maximum Gasteiger partial charge on any atom is 0.0568 e. The van der Waals surface area contributed by atoms with Crippen LogP contribution in [0.3, 0.4) is 0 Å². The lowest BCUT2D eigenvalue weighted by molar-refractivity contribution is 0.0486. The highest BCUT2D eigenvalue weighted by atomic mass is 16.3. The topological polar surface area (TPSA) is 20.2 Å². The Balaban J connectivity index is 2.41. The molecule has 54 valence electrons. The van der Waals surface area contributed by atoms with Crippen molar-refractivity contribution in [3.8, 4) is 0 Å². The summed E-state index contributed by atoms with van der Waals surface area (Å²) >= 11 is 0. The number of aliphatic hydroxyl groups is 1. The first kappa shape index (κ1) is 7.07. The molecule has 1 saturated carbocycles. The maximum atomic E-state index is 9.35. The SMILES string of the molecule is C[C@@H]1[C@H](O)CCC[C@@H]1C. The third-order valence-corrected chi connectivity index (χ3v) is 2.66. The van der Waals surface area contributed by atoms with E-state index in [0.717, 1.165) is 12.3 Å². The minimum atomic E-state index is -0.0197. The maximum absolute atomic E-state index is 9.35. The molecular weight excluding hydrogens is 112 g/mol. The van der Waals surface area contributed by atoms with Crippen molar-refractivity contribution < 1.29 is 5.11 Å². The van der Waals surface area contributed by atoms with Gasteiger partial charge in [-0.1, -0.05) is 26.7 Å². The number of aliphatic hydroxyl groups excluding tert-OH is 1. The van der Waals surface area contributed by atoms with Gasteiger partial charge in [0.1, 0.15) is 0 Å². The number of hydrogen-bond donors (Lipinski definition) is 1. The van der Waals surface area contributed by atoms with Gasteiger partial charge >= 0.3 is 0 Å². The molecule has 1 nitrogen and oxygen atoms in total. The predicted octanol–water partition coefficient (Wildman–Crippen LogP) is 1.80. The molecule has 0 saturated heterocycles. The molecule has 1 heteroatoms. The highest BCUT2D eigenvalue weighted by Crippen LogP contribution is 2.28. The molecule has 0 bridgehead atoms. The number of hydrogen-bond acceptors (Lipinski definition) is 1. The van der Waals surface area contributed by atoms with Crippen LogP contribution in [0.4, 0.5) is 0 Å². The van der Waals surface area contributed by atoms with Crippen molar-refractivity contribution in [3.63, 3.8) is 0 Å². The van der Waals surface area contributed by atoms with E-state index in [-0.39, 0.29) is 6.10 Å².